The lowest BCUT2D eigenvalue weighted by molar-refractivity contribution is 0.0130. The Balaban J connectivity index is 1.87. The fraction of sp³-hybridized carbons (Fsp3) is 0.588. The molecule has 1 fully saturated rings. The van der Waals surface area contributed by atoms with Crippen LogP contribution in [0, 0.1) is 11.7 Å². The summed E-state index contributed by atoms with van der Waals surface area (Å²) in [5.41, 5.74) is 0.376. The molecule has 7 heteroatoms. The number of hydrogen-bond donors (Lipinski definition) is 2. The van der Waals surface area contributed by atoms with Crippen LogP contribution in [0.2, 0.25) is 5.02 Å². The summed E-state index contributed by atoms with van der Waals surface area (Å²) in [7, 11) is 0. The summed E-state index contributed by atoms with van der Waals surface area (Å²) in [6, 6.07) is 4.11. The average Bonchev–Trinajstić information content (AvgIpc) is 2.55. The summed E-state index contributed by atoms with van der Waals surface area (Å²) < 4.78 is 18.8. The second kappa shape index (κ2) is 9.20. The number of hydrogen-bond acceptors (Lipinski definition) is 3. The fourth-order valence-corrected chi connectivity index (χ4v) is 2.93. The lowest BCUT2D eigenvalue weighted by Gasteiger charge is -2.35. The van der Waals surface area contributed by atoms with Gasteiger partial charge in [-0.1, -0.05) is 25.4 Å². The van der Waals surface area contributed by atoms with Gasteiger partial charge in [0.1, 0.15) is 5.82 Å². The van der Waals surface area contributed by atoms with Gasteiger partial charge in [-0.2, -0.15) is 0 Å². The first kappa shape index (κ1) is 19.0. The van der Waals surface area contributed by atoms with Gasteiger partial charge < -0.3 is 15.4 Å². The molecule has 2 N–H and O–H groups in total. The topological polar surface area (TPSA) is 53.6 Å². The number of urea groups is 1. The van der Waals surface area contributed by atoms with E-state index in [4.69, 9.17) is 16.3 Å². The first-order chi connectivity index (χ1) is 11.5. The van der Waals surface area contributed by atoms with Crippen LogP contribution in [-0.2, 0) is 4.74 Å². The molecule has 1 atom stereocenters. The van der Waals surface area contributed by atoms with E-state index in [-0.39, 0.29) is 17.1 Å². The van der Waals surface area contributed by atoms with Crippen molar-refractivity contribution in [2.45, 2.75) is 26.3 Å². The predicted molar refractivity (Wildman–Crippen MR) is 94.1 cm³/mol. The van der Waals surface area contributed by atoms with E-state index in [0.29, 0.717) is 18.2 Å². The summed E-state index contributed by atoms with van der Waals surface area (Å²) >= 11 is 5.64. The smallest absolute Gasteiger partial charge is 0.319 e. The summed E-state index contributed by atoms with van der Waals surface area (Å²) in [6.45, 7) is 8.09. The molecular formula is C17H25ClFN3O2. The van der Waals surface area contributed by atoms with E-state index in [1.165, 1.54) is 12.1 Å². The molecule has 1 heterocycles. The Kier molecular flexibility index (Phi) is 7.27. The molecule has 1 aromatic carbocycles. The number of nitrogens with zero attached hydrogens (tertiary/aromatic N) is 1. The molecule has 0 aliphatic carbocycles. The lowest BCUT2D eigenvalue weighted by atomic mass is 10.0. The van der Waals surface area contributed by atoms with Gasteiger partial charge in [0, 0.05) is 31.4 Å². The number of ether oxygens (including phenoxy) is 1. The van der Waals surface area contributed by atoms with Crippen LogP contribution in [-0.4, -0.2) is 49.8 Å². The number of carbonyl (C=O) groups is 1. The zero-order chi connectivity index (χ0) is 17.5. The van der Waals surface area contributed by atoms with E-state index in [2.05, 4.69) is 29.4 Å². The first-order valence-corrected chi connectivity index (χ1v) is 8.65. The maximum atomic E-state index is 13.4. The monoisotopic (exact) mass is 357 g/mol. The van der Waals surface area contributed by atoms with E-state index in [0.717, 1.165) is 32.7 Å². The number of nitrogens with one attached hydrogen (secondary N) is 2. The van der Waals surface area contributed by atoms with Crippen LogP contribution in [0.4, 0.5) is 14.9 Å². The predicted octanol–water partition coefficient (Wildman–Crippen LogP) is 3.35. The number of halogens is 2. The van der Waals surface area contributed by atoms with E-state index >= 15 is 0 Å². The number of carbonyl (C=O) groups excluding carboxylic acids is 1. The Bertz CT molecular complexity index is 551. The van der Waals surface area contributed by atoms with Crippen LogP contribution >= 0.6 is 11.6 Å². The molecule has 1 aliphatic rings. The van der Waals surface area contributed by atoms with Gasteiger partial charge in [-0.3, -0.25) is 4.90 Å². The molecule has 1 aromatic rings. The minimum Gasteiger partial charge on any atom is -0.379 e. The lowest BCUT2D eigenvalue weighted by Crippen LogP contribution is -2.49. The maximum Gasteiger partial charge on any atom is 0.319 e. The summed E-state index contributed by atoms with van der Waals surface area (Å²) in [5.74, 6) is -0.0199. The molecule has 0 saturated carbocycles. The van der Waals surface area contributed by atoms with Crippen molar-refractivity contribution < 1.29 is 13.9 Å². The molecule has 2 amide bonds. The van der Waals surface area contributed by atoms with Crippen molar-refractivity contribution in [3.05, 3.63) is 29.0 Å². The van der Waals surface area contributed by atoms with Crippen molar-refractivity contribution in [2.75, 3.05) is 38.2 Å². The number of rotatable bonds is 6. The van der Waals surface area contributed by atoms with Gasteiger partial charge in [0.15, 0.2) is 0 Å². The zero-order valence-corrected chi connectivity index (χ0v) is 14.9. The largest absolute Gasteiger partial charge is 0.379 e. The highest BCUT2D eigenvalue weighted by atomic mass is 35.5. The van der Waals surface area contributed by atoms with Gasteiger partial charge in [0.2, 0.25) is 0 Å². The molecule has 1 saturated heterocycles. The molecule has 5 nitrogen and oxygen atoms in total. The highest BCUT2D eigenvalue weighted by Gasteiger charge is 2.22. The van der Waals surface area contributed by atoms with Crippen LogP contribution in [0.25, 0.3) is 0 Å². The number of amides is 2. The second-order valence-corrected chi connectivity index (χ2v) is 6.80. The van der Waals surface area contributed by atoms with Crippen molar-refractivity contribution in [1.29, 1.82) is 0 Å². The Morgan fingerprint density at radius 2 is 2.08 bits per heavy atom. The first-order valence-electron chi connectivity index (χ1n) is 8.27. The SMILES string of the molecule is CC(C)CC(CNC(=O)Nc1ccc(Cl)c(F)c1)N1CCOCC1. The molecule has 2 rings (SSSR count). The minimum atomic E-state index is -0.555. The van der Waals surface area contributed by atoms with Gasteiger partial charge in [-0.05, 0) is 30.5 Å². The van der Waals surface area contributed by atoms with Gasteiger partial charge >= 0.3 is 6.03 Å². The third kappa shape index (κ3) is 5.92. The van der Waals surface area contributed by atoms with Crippen molar-refractivity contribution >= 4 is 23.3 Å². The van der Waals surface area contributed by atoms with E-state index in [1.807, 2.05) is 0 Å². The third-order valence-corrected chi connectivity index (χ3v) is 4.29. The minimum absolute atomic E-state index is 0.0327. The van der Waals surface area contributed by atoms with Crippen molar-refractivity contribution in [1.82, 2.24) is 10.2 Å². The Morgan fingerprint density at radius 3 is 2.71 bits per heavy atom. The van der Waals surface area contributed by atoms with Gasteiger partial charge in [0.05, 0.1) is 18.2 Å². The molecule has 1 unspecified atom stereocenters. The van der Waals surface area contributed by atoms with Crippen LogP contribution < -0.4 is 10.6 Å². The van der Waals surface area contributed by atoms with Crippen molar-refractivity contribution in [3.63, 3.8) is 0 Å². The molecule has 0 bridgehead atoms. The number of morpholine rings is 1. The fourth-order valence-electron chi connectivity index (χ4n) is 2.81. The van der Waals surface area contributed by atoms with E-state index < -0.39 is 5.82 Å². The molecule has 0 aromatic heterocycles. The van der Waals surface area contributed by atoms with Gasteiger partial charge in [-0.15, -0.1) is 0 Å². The maximum absolute atomic E-state index is 13.4. The normalized spacial score (nSPS) is 16.9. The van der Waals surface area contributed by atoms with Crippen LogP contribution in [0.15, 0.2) is 18.2 Å². The van der Waals surface area contributed by atoms with Crippen LogP contribution in [0.5, 0.6) is 0 Å². The second-order valence-electron chi connectivity index (χ2n) is 6.40. The van der Waals surface area contributed by atoms with Gasteiger partial charge in [-0.25, -0.2) is 9.18 Å². The van der Waals surface area contributed by atoms with E-state index in [1.54, 1.807) is 6.07 Å². The van der Waals surface area contributed by atoms with Gasteiger partial charge in [0.25, 0.3) is 0 Å². The molecule has 1 aliphatic heterocycles. The molecule has 134 valence electrons. The summed E-state index contributed by atoms with van der Waals surface area (Å²) in [4.78, 5) is 14.4. The van der Waals surface area contributed by atoms with Crippen LogP contribution in [0.1, 0.15) is 20.3 Å². The average molecular weight is 358 g/mol. The number of benzene rings is 1. The molecule has 0 spiro atoms. The highest BCUT2D eigenvalue weighted by molar-refractivity contribution is 6.30. The standard InChI is InChI=1S/C17H25ClFN3O2/c1-12(2)9-14(22-5-7-24-8-6-22)11-20-17(23)21-13-3-4-15(18)16(19)10-13/h3-4,10,12,14H,5-9,11H2,1-2H3,(H2,20,21,23). The van der Waals surface area contributed by atoms with Crippen molar-refractivity contribution in [2.24, 2.45) is 5.92 Å². The quantitative estimate of drug-likeness (QED) is 0.821. The number of anilines is 1. The van der Waals surface area contributed by atoms with E-state index in [9.17, 15) is 9.18 Å². The Hall–Kier alpha value is -1.37. The van der Waals surface area contributed by atoms with Crippen LogP contribution in [0.3, 0.4) is 0 Å². The highest BCUT2D eigenvalue weighted by Crippen LogP contribution is 2.18. The zero-order valence-electron chi connectivity index (χ0n) is 14.1. The molecular weight excluding hydrogens is 333 g/mol. The third-order valence-electron chi connectivity index (χ3n) is 3.98. The Labute approximate surface area is 147 Å². The molecule has 24 heavy (non-hydrogen) atoms. The Morgan fingerprint density at radius 1 is 1.38 bits per heavy atom. The van der Waals surface area contributed by atoms with Crippen molar-refractivity contribution in [3.8, 4) is 0 Å². The summed E-state index contributed by atoms with van der Waals surface area (Å²) in [5, 5.41) is 5.54. The summed E-state index contributed by atoms with van der Waals surface area (Å²) in [6.07, 6.45) is 0.996. The molecule has 0 radical (unpaired) electrons.